The number of hydrogen-bond acceptors (Lipinski definition) is 6. The van der Waals surface area contributed by atoms with Crippen LogP contribution in [0.3, 0.4) is 0 Å². The third kappa shape index (κ3) is 2.11. The number of methoxy groups -OCH3 is 2. The molecule has 2 rings (SSSR count). The van der Waals surface area contributed by atoms with Crippen molar-refractivity contribution in [3.8, 4) is 34.1 Å². The zero-order chi connectivity index (χ0) is 14.9. The second kappa shape index (κ2) is 5.08. The Labute approximate surface area is 116 Å². The van der Waals surface area contributed by atoms with Crippen LogP contribution in [0.5, 0.6) is 23.0 Å². The molecule has 0 saturated carbocycles. The van der Waals surface area contributed by atoms with Gasteiger partial charge in [-0.05, 0) is 23.8 Å². The Morgan fingerprint density at radius 2 is 1.55 bits per heavy atom. The first-order valence-electron chi connectivity index (χ1n) is 5.81. The van der Waals surface area contributed by atoms with Gasteiger partial charge < -0.3 is 31.2 Å². The number of benzene rings is 2. The van der Waals surface area contributed by atoms with Crippen molar-refractivity contribution in [3.05, 3.63) is 24.3 Å². The lowest BCUT2D eigenvalue weighted by molar-refractivity contribution is 0.391. The highest BCUT2D eigenvalue weighted by molar-refractivity contribution is 5.83. The van der Waals surface area contributed by atoms with Gasteiger partial charge in [0.1, 0.15) is 17.2 Å². The van der Waals surface area contributed by atoms with Gasteiger partial charge in [0.15, 0.2) is 11.5 Å². The van der Waals surface area contributed by atoms with Crippen molar-refractivity contribution in [1.29, 1.82) is 0 Å². The Balaban J connectivity index is 2.66. The summed E-state index contributed by atoms with van der Waals surface area (Å²) in [5.41, 5.74) is 12.8. The number of phenols is 2. The summed E-state index contributed by atoms with van der Waals surface area (Å²) in [6, 6.07) is 6.53. The molecule has 0 saturated heterocycles. The van der Waals surface area contributed by atoms with Gasteiger partial charge in [-0.2, -0.15) is 0 Å². The monoisotopic (exact) mass is 276 g/mol. The van der Waals surface area contributed by atoms with E-state index in [1.165, 1.54) is 20.3 Å². The average molecular weight is 276 g/mol. The molecular formula is C14H16N2O4. The zero-order valence-corrected chi connectivity index (χ0v) is 11.2. The highest BCUT2D eigenvalue weighted by atomic mass is 16.5. The molecule has 0 bridgehead atoms. The SMILES string of the molecule is COc1cc(-c2cc(OC)c(N)c(O)c2O)ccc1N. The van der Waals surface area contributed by atoms with E-state index in [0.29, 0.717) is 22.6 Å². The molecule has 20 heavy (non-hydrogen) atoms. The third-order valence-corrected chi connectivity index (χ3v) is 3.04. The quantitative estimate of drug-likeness (QED) is 0.503. The molecule has 0 spiro atoms. The molecule has 0 amide bonds. The maximum absolute atomic E-state index is 10.0. The summed E-state index contributed by atoms with van der Waals surface area (Å²) in [4.78, 5) is 0. The summed E-state index contributed by atoms with van der Waals surface area (Å²) in [7, 11) is 2.92. The minimum Gasteiger partial charge on any atom is -0.504 e. The maximum atomic E-state index is 10.0. The Morgan fingerprint density at radius 1 is 0.900 bits per heavy atom. The van der Waals surface area contributed by atoms with Crippen LogP contribution >= 0.6 is 0 Å². The van der Waals surface area contributed by atoms with Crippen LogP contribution in [-0.4, -0.2) is 24.4 Å². The normalized spacial score (nSPS) is 10.3. The fourth-order valence-corrected chi connectivity index (χ4v) is 1.92. The number of anilines is 2. The summed E-state index contributed by atoms with van der Waals surface area (Å²) < 4.78 is 10.2. The van der Waals surface area contributed by atoms with Gasteiger partial charge in [-0.15, -0.1) is 0 Å². The van der Waals surface area contributed by atoms with Gasteiger partial charge in [-0.25, -0.2) is 0 Å². The summed E-state index contributed by atoms with van der Waals surface area (Å²) >= 11 is 0. The summed E-state index contributed by atoms with van der Waals surface area (Å²) in [6.07, 6.45) is 0. The van der Waals surface area contributed by atoms with Crippen LogP contribution in [-0.2, 0) is 0 Å². The lowest BCUT2D eigenvalue weighted by atomic mass is 10.0. The van der Waals surface area contributed by atoms with E-state index in [-0.39, 0.29) is 17.2 Å². The number of aromatic hydroxyl groups is 2. The van der Waals surface area contributed by atoms with Crippen molar-refractivity contribution in [2.24, 2.45) is 0 Å². The first-order chi connectivity index (χ1) is 9.49. The minimum atomic E-state index is -0.421. The second-order valence-electron chi connectivity index (χ2n) is 4.19. The molecule has 6 heteroatoms. The van der Waals surface area contributed by atoms with Crippen molar-refractivity contribution < 1.29 is 19.7 Å². The number of hydrogen-bond donors (Lipinski definition) is 4. The first kappa shape index (κ1) is 13.7. The van der Waals surface area contributed by atoms with E-state index < -0.39 is 5.75 Å². The van der Waals surface area contributed by atoms with Gasteiger partial charge in [0.2, 0.25) is 0 Å². The number of nitrogens with two attached hydrogens (primary N) is 2. The Hall–Kier alpha value is -2.76. The molecule has 0 fully saturated rings. The molecule has 0 heterocycles. The molecule has 2 aromatic rings. The van der Waals surface area contributed by atoms with Crippen LogP contribution < -0.4 is 20.9 Å². The number of phenolic OH excluding ortho intramolecular Hbond substituents is 2. The first-order valence-corrected chi connectivity index (χ1v) is 5.81. The molecule has 0 radical (unpaired) electrons. The lowest BCUT2D eigenvalue weighted by Gasteiger charge is -2.14. The van der Waals surface area contributed by atoms with E-state index in [2.05, 4.69) is 0 Å². The summed E-state index contributed by atoms with van der Waals surface area (Å²) in [5, 5.41) is 19.9. The molecular weight excluding hydrogens is 260 g/mol. The zero-order valence-electron chi connectivity index (χ0n) is 11.2. The molecule has 6 nitrogen and oxygen atoms in total. The Kier molecular flexibility index (Phi) is 3.47. The van der Waals surface area contributed by atoms with Gasteiger partial charge in [-0.1, -0.05) is 6.07 Å². The van der Waals surface area contributed by atoms with Crippen LogP contribution in [0.15, 0.2) is 24.3 Å². The van der Waals surface area contributed by atoms with E-state index in [4.69, 9.17) is 20.9 Å². The number of ether oxygens (including phenoxy) is 2. The summed E-state index contributed by atoms with van der Waals surface area (Å²) in [5.74, 6) is -0.00598. The van der Waals surface area contributed by atoms with Gasteiger partial charge in [0.05, 0.1) is 19.9 Å². The van der Waals surface area contributed by atoms with Crippen LogP contribution in [0.2, 0.25) is 0 Å². The molecule has 0 aromatic heterocycles. The molecule has 0 aliphatic heterocycles. The van der Waals surface area contributed by atoms with Gasteiger partial charge in [0, 0.05) is 5.56 Å². The van der Waals surface area contributed by atoms with E-state index >= 15 is 0 Å². The smallest absolute Gasteiger partial charge is 0.185 e. The number of rotatable bonds is 3. The van der Waals surface area contributed by atoms with Crippen LogP contribution in [0.1, 0.15) is 0 Å². The minimum absolute atomic E-state index is 0.0174. The van der Waals surface area contributed by atoms with E-state index in [9.17, 15) is 10.2 Å². The fraction of sp³-hybridized carbons (Fsp3) is 0.143. The van der Waals surface area contributed by atoms with Gasteiger partial charge >= 0.3 is 0 Å². The van der Waals surface area contributed by atoms with Gasteiger partial charge in [-0.3, -0.25) is 0 Å². The predicted octanol–water partition coefficient (Wildman–Crippen LogP) is 1.95. The highest BCUT2D eigenvalue weighted by Crippen LogP contribution is 2.46. The van der Waals surface area contributed by atoms with Crippen LogP contribution in [0.4, 0.5) is 11.4 Å². The van der Waals surface area contributed by atoms with Crippen molar-refractivity contribution in [2.75, 3.05) is 25.7 Å². The molecule has 0 unspecified atom stereocenters. The third-order valence-electron chi connectivity index (χ3n) is 3.04. The van der Waals surface area contributed by atoms with Crippen LogP contribution in [0, 0.1) is 0 Å². The largest absolute Gasteiger partial charge is 0.504 e. The van der Waals surface area contributed by atoms with Crippen molar-refractivity contribution in [3.63, 3.8) is 0 Å². The van der Waals surface area contributed by atoms with E-state index in [0.717, 1.165) is 0 Å². The molecule has 0 aliphatic carbocycles. The Morgan fingerprint density at radius 3 is 2.15 bits per heavy atom. The Bertz CT molecular complexity index is 656. The predicted molar refractivity (Wildman–Crippen MR) is 77.1 cm³/mol. The maximum Gasteiger partial charge on any atom is 0.185 e. The van der Waals surface area contributed by atoms with Crippen molar-refractivity contribution >= 4 is 11.4 Å². The van der Waals surface area contributed by atoms with Gasteiger partial charge in [0.25, 0.3) is 0 Å². The average Bonchev–Trinajstić information content (AvgIpc) is 2.46. The number of nitrogen functional groups attached to an aromatic ring is 2. The fourth-order valence-electron chi connectivity index (χ4n) is 1.92. The van der Waals surface area contributed by atoms with Crippen molar-refractivity contribution in [2.45, 2.75) is 0 Å². The lowest BCUT2D eigenvalue weighted by Crippen LogP contribution is -1.96. The molecule has 0 atom stereocenters. The topological polar surface area (TPSA) is 111 Å². The molecule has 6 N–H and O–H groups in total. The molecule has 0 aliphatic rings. The van der Waals surface area contributed by atoms with E-state index in [1.807, 2.05) is 0 Å². The van der Waals surface area contributed by atoms with Crippen LogP contribution in [0.25, 0.3) is 11.1 Å². The van der Waals surface area contributed by atoms with E-state index in [1.54, 1.807) is 18.2 Å². The second-order valence-corrected chi connectivity index (χ2v) is 4.19. The molecule has 2 aromatic carbocycles. The standard InChI is InChI=1S/C14H16N2O4/c1-19-10-5-7(3-4-9(10)15)8-6-11(20-2)12(16)14(18)13(8)17/h3-6,17-18H,15-16H2,1-2H3. The summed E-state index contributed by atoms with van der Waals surface area (Å²) in [6.45, 7) is 0. The highest BCUT2D eigenvalue weighted by Gasteiger charge is 2.17. The van der Waals surface area contributed by atoms with Crippen molar-refractivity contribution in [1.82, 2.24) is 0 Å². The molecule has 106 valence electrons.